The van der Waals surface area contributed by atoms with Crippen molar-refractivity contribution >= 4 is 50.5 Å². The van der Waals surface area contributed by atoms with Crippen molar-refractivity contribution < 1.29 is 56.7 Å². The van der Waals surface area contributed by atoms with Crippen LogP contribution in [0, 0.1) is 0 Å². The Balaban J connectivity index is 1.38. The summed E-state index contributed by atoms with van der Waals surface area (Å²) < 4.78 is 53.3. The maximum atomic E-state index is 12.4. The lowest BCUT2D eigenvalue weighted by atomic mass is 10.1. The van der Waals surface area contributed by atoms with Crippen molar-refractivity contribution in [2.24, 2.45) is 0 Å². The normalized spacial score (nSPS) is 25.8. The molecule has 0 spiro atoms. The Morgan fingerprint density at radius 2 is 1.84 bits per heavy atom. The largest absolute Gasteiger partial charge is 0.481 e. The standard InChI is InChI=1S/C24H28N6O12P2/c1-2-25-24(33)29-21-18-22(27-12-26-21)30(13-28-18)23-20-19(40-17(41-20)9-8-14-6-4-3-5-7-14)15(39-23)10-38-44(36,37)42-43(34,35)11-16(31)32/h3-9,12-13,15,17,19-20,23H,2,10-11H2,1H3,(H,31,32)(H,34,35)(H,36,37)(H2,25,26,27,29,33)/t15-,17+,19?,20+,23-/m1/s1. The Bertz CT molecular complexity index is 1640. The first-order valence-electron chi connectivity index (χ1n) is 13.1. The summed E-state index contributed by atoms with van der Waals surface area (Å²) in [5.41, 5.74) is 1.38. The van der Waals surface area contributed by atoms with Crippen LogP contribution in [0.5, 0.6) is 0 Å². The van der Waals surface area contributed by atoms with E-state index in [1.165, 1.54) is 17.2 Å². The number of nitrogens with one attached hydrogen (secondary N) is 2. The third-order valence-corrected chi connectivity index (χ3v) is 9.27. The fourth-order valence-electron chi connectivity index (χ4n) is 4.56. The van der Waals surface area contributed by atoms with Gasteiger partial charge in [-0.1, -0.05) is 36.4 Å². The number of phosphoric ester groups is 1. The van der Waals surface area contributed by atoms with Crippen LogP contribution >= 0.6 is 15.4 Å². The zero-order chi connectivity index (χ0) is 31.5. The number of fused-ring (bicyclic) bond motifs is 2. The van der Waals surface area contributed by atoms with E-state index in [9.17, 15) is 28.5 Å². The molecule has 7 atom stereocenters. The summed E-state index contributed by atoms with van der Waals surface area (Å²) in [6.45, 7) is 1.46. The number of amides is 2. The number of carboxylic acid groups (broad SMARTS) is 1. The van der Waals surface area contributed by atoms with Gasteiger partial charge in [-0.15, -0.1) is 0 Å². The highest BCUT2D eigenvalue weighted by Gasteiger charge is 2.54. The molecule has 5 N–H and O–H groups in total. The number of imidazole rings is 1. The van der Waals surface area contributed by atoms with Crippen LogP contribution in [-0.4, -0.2) is 90.3 Å². The van der Waals surface area contributed by atoms with Gasteiger partial charge in [0.25, 0.3) is 0 Å². The lowest BCUT2D eigenvalue weighted by Crippen LogP contribution is -2.31. The van der Waals surface area contributed by atoms with Crippen molar-refractivity contribution in [1.82, 2.24) is 24.8 Å². The van der Waals surface area contributed by atoms with Gasteiger partial charge in [0.05, 0.1) is 12.9 Å². The molecule has 0 radical (unpaired) electrons. The first-order chi connectivity index (χ1) is 20.9. The lowest BCUT2D eigenvalue weighted by Gasteiger charge is -2.21. The molecule has 2 aliphatic heterocycles. The van der Waals surface area contributed by atoms with E-state index in [1.54, 1.807) is 19.1 Å². The summed E-state index contributed by atoms with van der Waals surface area (Å²) in [6, 6.07) is 8.85. The van der Waals surface area contributed by atoms with Gasteiger partial charge in [-0.25, -0.2) is 28.6 Å². The van der Waals surface area contributed by atoms with Gasteiger partial charge in [0.1, 0.15) is 30.8 Å². The summed E-state index contributed by atoms with van der Waals surface area (Å²) in [5, 5.41) is 13.9. The van der Waals surface area contributed by atoms with Gasteiger partial charge < -0.3 is 34.4 Å². The van der Waals surface area contributed by atoms with Crippen LogP contribution in [0.25, 0.3) is 17.2 Å². The second-order valence-electron chi connectivity index (χ2n) is 9.47. The van der Waals surface area contributed by atoms with E-state index in [4.69, 9.17) is 23.8 Å². The molecule has 4 heterocycles. The Labute approximate surface area is 249 Å². The summed E-state index contributed by atoms with van der Waals surface area (Å²) in [7, 11) is -10.2. The van der Waals surface area contributed by atoms with Gasteiger partial charge in [0.15, 0.2) is 29.5 Å². The number of ether oxygens (including phenoxy) is 3. The number of urea groups is 1. The van der Waals surface area contributed by atoms with Crippen LogP contribution in [0.2, 0.25) is 0 Å². The zero-order valence-electron chi connectivity index (χ0n) is 22.9. The van der Waals surface area contributed by atoms with E-state index in [2.05, 4.69) is 29.9 Å². The topological polar surface area (TPSA) is 243 Å². The maximum Gasteiger partial charge on any atom is 0.479 e. The highest BCUT2D eigenvalue weighted by atomic mass is 31.3. The Morgan fingerprint density at radius 3 is 2.57 bits per heavy atom. The molecule has 20 heteroatoms. The molecule has 44 heavy (non-hydrogen) atoms. The van der Waals surface area contributed by atoms with Gasteiger partial charge in [0.2, 0.25) is 0 Å². The van der Waals surface area contributed by atoms with Crippen LogP contribution in [-0.2, 0) is 37.0 Å². The molecule has 2 aromatic heterocycles. The Hall–Kier alpha value is -3.57. The lowest BCUT2D eigenvalue weighted by molar-refractivity contribution is -0.134. The van der Waals surface area contributed by atoms with Crippen molar-refractivity contribution in [3.63, 3.8) is 0 Å². The highest BCUT2D eigenvalue weighted by Crippen LogP contribution is 2.60. The number of carbonyl (C=O) groups excluding carboxylic acids is 1. The van der Waals surface area contributed by atoms with E-state index in [0.717, 1.165) is 5.56 Å². The third kappa shape index (κ3) is 7.55. The van der Waals surface area contributed by atoms with Crippen LogP contribution in [0.3, 0.4) is 0 Å². The molecule has 18 nitrogen and oxygen atoms in total. The molecule has 3 unspecified atom stereocenters. The molecular weight excluding hydrogens is 626 g/mol. The number of carboxylic acids is 1. The van der Waals surface area contributed by atoms with Crippen molar-refractivity contribution in [3.8, 4) is 0 Å². The number of aliphatic carboxylic acids is 1. The Kier molecular flexibility index (Phi) is 9.55. The van der Waals surface area contributed by atoms with Crippen LogP contribution < -0.4 is 10.6 Å². The van der Waals surface area contributed by atoms with Crippen molar-refractivity contribution in [2.45, 2.75) is 37.8 Å². The van der Waals surface area contributed by atoms with Crippen molar-refractivity contribution in [3.05, 3.63) is 54.6 Å². The number of rotatable bonds is 12. The van der Waals surface area contributed by atoms with Gasteiger partial charge >= 0.3 is 27.4 Å². The van der Waals surface area contributed by atoms with E-state index in [1.807, 2.05) is 30.3 Å². The molecular formula is C24H28N6O12P2. The molecule has 2 saturated heterocycles. The molecule has 2 amide bonds. The van der Waals surface area contributed by atoms with Crippen molar-refractivity contribution in [1.29, 1.82) is 0 Å². The molecule has 2 fully saturated rings. The number of benzene rings is 1. The predicted molar refractivity (Wildman–Crippen MR) is 150 cm³/mol. The van der Waals surface area contributed by atoms with E-state index in [0.29, 0.717) is 6.54 Å². The summed E-state index contributed by atoms with van der Waals surface area (Å²) in [5.74, 6) is -1.58. The summed E-state index contributed by atoms with van der Waals surface area (Å²) in [6.07, 6.45) is -0.0228. The SMILES string of the molecule is CCNC(=O)Nc1ncnc2c1ncn2[C@@H]1O[C@H](COP(=O)(O)OP(=O)(O)CC(=O)O)C2O[C@H](C=Cc3ccccc3)O[C@@H]21. The molecule has 2 aliphatic rings. The number of hydrogen-bond donors (Lipinski definition) is 5. The number of aromatic nitrogens is 4. The number of phosphoric acid groups is 1. The van der Waals surface area contributed by atoms with E-state index < -0.39 is 71.0 Å². The minimum absolute atomic E-state index is 0.134. The van der Waals surface area contributed by atoms with E-state index >= 15 is 0 Å². The molecule has 0 saturated carbocycles. The molecule has 3 aromatic rings. The van der Waals surface area contributed by atoms with Gasteiger partial charge in [-0.05, 0) is 18.6 Å². The fraction of sp³-hybridized carbons (Fsp3) is 0.375. The number of anilines is 1. The summed E-state index contributed by atoms with van der Waals surface area (Å²) >= 11 is 0. The Morgan fingerprint density at radius 1 is 1.09 bits per heavy atom. The number of hydrogen-bond acceptors (Lipinski definition) is 12. The highest BCUT2D eigenvalue weighted by molar-refractivity contribution is 7.64. The van der Waals surface area contributed by atoms with Crippen LogP contribution in [0.1, 0.15) is 18.7 Å². The van der Waals surface area contributed by atoms with Crippen molar-refractivity contribution in [2.75, 3.05) is 24.6 Å². The van der Waals surface area contributed by atoms with Gasteiger partial charge in [-0.2, -0.15) is 0 Å². The smallest absolute Gasteiger partial charge is 0.479 e. The number of nitrogens with zero attached hydrogens (tertiary/aromatic N) is 4. The van der Waals surface area contributed by atoms with Gasteiger partial charge in [0, 0.05) is 6.54 Å². The minimum Gasteiger partial charge on any atom is -0.481 e. The predicted octanol–water partition coefficient (Wildman–Crippen LogP) is 2.09. The molecule has 0 bridgehead atoms. The second-order valence-corrected chi connectivity index (χ2v) is 12.9. The van der Waals surface area contributed by atoms with Gasteiger partial charge in [-0.3, -0.25) is 23.8 Å². The van der Waals surface area contributed by atoms with Crippen LogP contribution in [0.4, 0.5) is 10.6 Å². The first kappa shape index (κ1) is 31.8. The number of carbonyl (C=O) groups is 2. The third-order valence-electron chi connectivity index (χ3n) is 6.28. The fourth-order valence-corrected chi connectivity index (χ4v) is 6.94. The second kappa shape index (κ2) is 13.2. The molecule has 5 rings (SSSR count). The molecule has 0 aliphatic carbocycles. The monoisotopic (exact) mass is 654 g/mol. The quantitative estimate of drug-likeness (QED) is 0.176. The van der Waals surface area contributed by atoms with E-state index in [-0.39, 0.29) is 17.0 Å². The van der Waals surface area contributed by atoms with Crippen LogP contribution in [0.15, 0.2) is 49.1 Å². The average Bonchev–Trinajstić information content (AvgIpc) is 3.64. The average molecular weight is 654 g/mol. The molecule has 236 valence electrons. The summed E-state index contributed by atoms with van der Waals surface area (Å²) in [4.78, 5) is 55.2. The zero-order valence-corrected chi connectivity index (χ0v) is 24.7. The first-order valence-corrected chi connectivity index (χ1v) is 16.3. The maximum absolute atomic E-state index is 12.4. The molecule has 1 aromatic carbocycles. The minimum atomic E-state index is -5.22.